The van der Waals surface area contributed by atoms with Crippen LogP contribution in [-0.2, 0) is 14.3 Å². The number of rotatable bonds is 3. The smallest absolute Gasteiger partial charge is 1.00 e. The summed E-state index contributed by atoms with van der Waals surface area (Å²) in [5.41, 5.74) is 0. The molecule has 0 fully saturated rings. The topological polar surface area (TPSA) is 59.2 Å². The van der Waals surface area contributed by atoms with Crippen molar-refractivity contribution < 1.29 is 74.6 Å². The van der Waals surface area contributed by atoms with E-state index in [2.05, 4.69) is 9.17 Å². The van der Waals surface area contributed by atoms with Crippen LogP contribution in [0.25, 0.3) is 0 Å². The van der Waals surface area contributed by atoms with Gasteiger partial charge in [-0.1, -0.05) is 0 Å². The predicted molar refractivity (Wildman–Crippen MR) is 41.8 cm³/mol. The van der Waals surface area contributed by atoms with E-state index in [0.29, 0.717) is 0 Å². The fourth-order valence-corrected chi connectivity index (χ4v) is 1.58. The van der Waals surface area contributed by atoms with Crippen molar-refractivity contribution >= 4 is 10.1 Å². The molecule has 0 radical (unpaired) electrons. The zero-order chi connectivity index (χ0) is 8.32. The summed E-state index contributed by atoms with van der Waals surface area (Å²) in [7, 11) is -3.52. The Morgan fingerprint density at radius 1 is 1.54 bits per heavy atom. The van der Waals surface area contributed by atoms with Crippen LogP contribution in [0.1, 0.15) is 9.78 Å². The Hall–Kier alpha value is 1.19. The van der Waals surface area contributed by atoms with Crippen molar-refractivity contribution in [1.82, 2.24) is 4.98 Å². The summed E-state index contributed by atoms with van der Waals surface area (Å²) in [6.45, 7) is 1.78. The molecule has 0 spiro atoms. The van der Waals surface area contributed by atoms with E-state index in [4.69, 9.17) is 0 Å². The fourth-order valence-electron chi connectivity index (χ4n) is 0.688. The van der Waals surface area contributed by atoms with Crippen molar-refractivity contribution in [2.24, 2.45) is 0 Å². The first-order valence-electron chi connectivity index (χ1n) is 3.19. The first kappa shape index (κ1) is 16.6. The van der Waals surface area contributed by atoms with Gasteiger partial charge in [0.2, 0.25) is 0 Å². The maximum atomic E-state index is 11.0. The minimum Gasteiger partial charge on any atom is -1.00 e. The van der Waals surface area contributed by atoms with Crippen LogP contribution in [0.4, 0.5) is 0 Å². The van der Waals surface area contributed by atoms with E-state index >= 15 is 0 Å². The van der Waals surface area contributed by atoms with E-state index < -0.39 is 10.1 Å². The Morgan fingerprint density at radius 3 is 2.54 bits per heavy atom. The van der Waals surface area contributed by atoms with Crippen molar-refractivity contribution in [2.45, 2.75) is 11.9 Å². The largest absolute Gasteiger partial charge is 1.00 e. The molecule has 0 unspecified atom stereocenters. The van der Waals surface area contributed by atoms with Gasteiger partial charge in [-0.15, -0.1) is 0 Å². The molecule has 0 saturated heterocycles. The molecule has 13 heavy (non-hydrogen) atoms. The second-order valence-corrected chi connectivity index (χ2v) is 3.48. The zero-order valence-corrected chi connectivity index (χ0v) is 12.9. The quantitative estimate of drug-likeness (QED) is 0.412. The Kier molecular flexibility index (Phi) is 9.56. The summed E-state index contributed by atoms with van der Waals surface area (Å²) in [5, 5.41) is 0.0966. The number of hydrogen-bond donors (Lipinski definition) is 1. The van der Waals surface area contributed by atoms with E-state index in [1.165, 1.54) is 12.3 Å². The Morgan fingerprint density at radius 2 is 2.15 bits per heavy atom. The SMILES string of the molecule is CCOS(=O)(=O)c1ccc[nH]1.[H-].[H-].[Na+].[Na+]. The first-order valence-corrected chi connectivity index (χ1v) is 4.60. The molecule has 0 amide bonds. The minimum absolute atomic E-state index is 0. The maximum absolute atomic E-state index is 11.0. The van der Waals surface area contributed by atoms with Gasteiger partial charge in [0.15, 0.2) is 5.03 Å². The van der Waals surface area contributed by atoms with Crippen LogP contribution in [0, 0.1) is 0 Å². The maximum Gasteiger partial charge on any atom is 1.00 e. The standard InChI is InChI=1S/C6H9NO3S.2Na.2H/c1-2-10-11(8,9)6-4-3-5-7-6;;;;/h3-5,7H,2H2,1H3;;;;/q;2*+1;2*-1. The molecule has 1 N–H and O–H groups in total. The van der Waals surface area contributed by atoms with Gasteiger partial charge in [0, 0.05) is 6.20 Å². The number of aromatic nitrogens is 1. The van der Waals surface area contributed by atoms with Crippen LogP contribution < -0.4 is 59.1 Å². The predicted octanol–water partition coefficient (Wildman–Crippen LogP) is -5.03. The minimum atomic E-state index is -3.52. The molecular formula is C6H11NNa2O3S. The third-order valence-corrected chi connectivity index (χ3v) is 2.45. The summed E-state index contributed by atoms with van der Waals surface area (Å²) in [6.07, 6.45) is 1.53. The molecule has 0 bridgehead atoms. The molecule has 1 rings (SSSR count). The second-order valence-electron chi connectivity index (χ2n) is 1.90. The van der Waals surface area contributed by atoms with Crippen LogP contribution >= 0.6 is 0 Å². The van der Waals surface area contributed by atoms with Crippen molar-refractivity contribution in [1.29, 1.82) is 0 Å². The number of hydrogen-bond acceptors (Lipinski definition) is 3. The van der Waals surface area contributed by atoms with Gasteiger partial charge in [0.05, 0.1) is 6.61 Å². The Labute approximate surface area is 125 Å². The van der Waals surface area contributed by atoms with Gasteiger partial charge < -0.3 is 7.84 Å². The molecule has 0 atom stereocenters. The molecule has 1 aromatic heterocycles. The van der Waals surface area contributed by atoms with Crippen LogP contribution in [0.2, 0.25) is 0 Å². The summed E-state index contributed by atoms with van der Waals surface area (Å²) in [4.78, 5) is 2.55. The molecule has 0 aliphatic heterocycles. The molecule has 0 aliphatic carbocycles. The zero-order valence-electron chi connectivity index (χ0n) is 10.1. The van der Waals surface area contributed by atoms with Gasteiger partial charge in [-0.25, -0.2) is 0 Å². The van der Waals surface area contributed by atoms with Crippen LogP contribution in [0.15, 0.2) is 23.4 Å². The molecule has 0 aromatic carbocycles. The van der Waals surface area contributed by atoms with Gasteiger partial charge in [0.25, 0.3) is 0 Å². The average Bonchev–Trinajstić information content (AvgIpc) is 2.37. The molecule has 0 saturated carbocycles. The number of aromatic amines is 1. The number of nitrogens with one attached hydrogen (secondary N) is 1. The van der Waals surface area contributed by atoms with Gasteiger partial charge in [-0.2, -0.15) is 8.42 Å². The van der Waals surface area contributed by atoms with Gasteiger partial charge >= 0.3 is 69.2 Å². The second kappa shape index (κ2) is 7.48. The summed E-state index contributed by atoms with van der Waals surface area (Å²) < 4.78 is 26.6. The Balaban J connectivity index is -0.000000151. The van der Waals surface area contributed by atoms with Gasteiger partial charge in [-0.3, -0.25) is 4.18 Å². The van der Waals surface area contributed by atoms with E-state index in [1.807, 2.05) is 0 Å². The van der Waals surface area contributed by atoms with Crippen molar-refractivity contribution in [2.75, 3.05) is 6.61 Å². The van der Waals surface area contributed by atoms with E-state index in [1.54, 1.807) is 13.0 Å². The Bertz CT molecular complexity index is 317. The summed E-state index contributed by atoms with van der Waals surface area (Å²) in [6, 6.07) is 3.05. The van der Waals surface area contributed by atoms with E-state index in [0.717, 1.165) is 0 Å². The first-order chi connectivity index (χ1) is 5.17. The van der Waals surface area contributed by atoms with Crippen molar-refractivity contribution in [3.05, 3.63) is 18.3 Å². The molecule has 1 heterocycles. The molecule has 7 heteroatoms. The third kappa shape index (κ3) is 4.99. The van der Waals surface area contributed by atoms with E-state index in [-0.39, 0.29) is 73.6 Å². The van der Waals surface area contributed by atoms with E-state index in [9.17, 15) is 8.42 Å². The molecule has 0 aliphatic rings. The summed E-state index contributed by atoms with van der Waals surface area (Å²) >= 11 is 0. The van der Waals surface area contributed by atoms with Crippen molar-refractivity contribution in [3.8, 4) is 0 Å². The third-order valence-electron chi connectivity index (χ3n) is 1.11. The van der Waals surface area contributed by atoms with Crippen LogP contribution in [0.5, 0.6) is 0 Å². The van der Waals surface area contributed by atoms with Crippen LogP contribution in [-0.4, -0.2) is 20.0 Å². The van der Waals surface area contributed by atoms with Gasteiger partial charge in [-0.05, 0) is 19.1 Å². The number of H-pyrrole nitrogens is 1. The van der Waals surface area contributed by atoms with Crippen molar-refractivity contribution in [3.63, 3.8) is 0 Å². The normalized spacial score (nSPS) is 9.92. The molecule has 4 nitrogen and oxygen atoms in total. The molecular weight excluding hydrogens is 212 g/mol. The fraction of sp³-hybridized carbons (Fsp3) is 0.333. The average molecular weight is 223 g/mol. The van der Waals surface area contributed by atoms with Crippen LogP contribution in [0.3, 0.4) is 0 Å². The molecule has 1 aromatic rings. The summed E-state index contributed by atoms with van der Waals surface area (Å²) in [5.74, 6) is 0. The molecule has 66 valence electrons. The van der Waals surface area contributed by atoms with Gasteiger partial charge in [0.1, 0.15) is 0 Å². The monoisotopic (exact) mass is 223 g/mol.